The topological polar surface area (TPSA) is 85.1 Å². The summed E-state index contributed by atoms with van der Waals surface area (Å²) in [5.41, 5.74) is 1.96. The molecule has 0 aliphatic heterocycles. The lowest BCUT2D eigenvalue weighted by Gasteiger charge is -2.06. The van der Waals surface area contributed by atoms with Crippen molar-refractivity contribution in [1.82, 2.24) is 4.98 Å². The molecule has 0 fully saturated rings. The number of aromatic nitrogens is 1. The average Bonchev–Trinajstić information content (AvgIpc) is 3.11. The Morgan fingerprint density at radius 2 is 2.04 bits per heavy atom. The Morgan fingerprint density at radius 3 is 2.77 bits per heavy atom. The Hall–Kier alpha value is -2.42. The Bertz CT molecular complexity index is 947. The molecule has 3 aromatic rings. The number of hydrogen-bond donors (Lipinski definition) is 1. The van der Waals surface area contributed by atoms with Crippen LogP contribution in [0.15, 0.2) is 58.3 Å². The van der Waals surface area contributed by atoms with Gasteiger partial charge >= 0.3 is 0 Å². The zero-order valence-corrected chi connectivity index (χ0v) is 15.6. The summed E-state index contributed by atoms with van der Waals surface area (Å²) >= 11 is 8.74. The molecule has 0 atom stereocenters. The second-order valence-electron chi connectivity index (χ2n) is 5.12. The van der Waals surface area contributed by atoms with Gasteiger partial charge in [0.25, 0.3) is 5.69 Å². The van der Waals surface area contributed by atoms with Gasteiger partial charge in [0.2, 0.25) is 5.91 Å². The van der Waals surface area contributed by atoms with Gasteiger partial charge in [0.15, 0.2) is 4.34 Å². The molecule has 9 heteroatoms. The number of hydrogen-bond acceptors (Lipinski definition) is 6. The Balaban J connectivity index is 1.61. The van der Waals surface area contributed by atoms with Crippen molar-refractivity contribution in [3.05, 3.63) is 69.0 Å². The van der Waals surface area contributed by atoms with Crippen LogP contribution in [0.1, 0.15) is 0 Å². The van der Waals surface area contributed by atoms with Gasteiger partial charge in [-0.15, -0.1) is 11.3 Å². The molecule has 0 spiro atoms. The molecule has 0 radical (unpaired) electrons. The van der Waals surface area contributed by atoms with E-state index >= 15 is 0 Å². The smallest absolute Gasteiger partial charge is 0.271 e. The minimum Gasteiger partial charge on any atom is -0.324 e. The fourth-order valence-corrected chi connectivity index (χ4v) is 3.90. The van der Waals surface area contributed by atoms with Crippen molar-refractivity contribution in [2.75, 3.05) is 11.1 Å². The highest BCUT2D eigenvalue weighted by Crippen LogP contribution is 2.29. The Labute approximate surface area is 162 Å². The molecular weight excluding hydrogens is 394 g/mol. The van der Waals surface area contributed by atoms with Gasteiger partial charge in [-0.2, -0.15) is 0 Å². The molecule has 0 bridgehead atoms. The van der Waals surface area contributed by atoms with Crippen LogP contribution in [0.5, 0.6) is 0 Å². The lowest BCUT2D eigenvalue weighted by molar-refractivity contribution is -0.384. The summed E-state index contributed by atoms with van der Waals surface area (Å²) in [6, 6.07) is 13.7. The standard InChI is InChI=1S/C17H12ClN3O3S2/c18-13-7-6-12(21(23)24)8-14(13)19-16(22)10-26-17-20-15(9-25-17)11-4-2-1-3-5-11/h1-9H,10H2,(H,19,22). The van der Waals surface area contributed by atoms with Crippen LogP contribution in [-0.2, 0) is 4.79 Å². The summed E-state index contributed by atoms with van der Waals surface area (Å²) < 4.78 is 0.768. The van der Waals surface area contributed by atoms with Crippen molar-refractivity contribution in [2.45, 2.75) is 4.34 Å². The monoisotopic (exact) mass is 405 g/mol. The zero-order chi connectivity index (χ0) is 18.5. The van der Waals surface area contributed by atoms with Crippen LogP contribution >= 0.6 is 34.7 Å². The SMILES string of the molecule is O=C(CSc1nc(-c2ccccc2)cs1)Nc1cc([N+](=O)[O-])ccc1Cl. The van der Waals surface area contributed by atoms with Gasteiger partial charge in [-0.1, -0.05) is 53.7 Å². The number of halogens is 1. The maximum atomic E-state index is 12.1. The van der Waals surface area contributed by atoms with Crippen LogP contribution in [0.4, 0.5) is 11.4 Å². The molecule has 0 aliphatic rings. The van der Waals surface area contributed by atoms with Gasteiger partial charge in [0.1, 0.15) is 0 Å². The number of nitrogens with zero attached hydrogens (tertiary/aromatic N) is 2. The van der Waals surface area contributed by atoms with E-state index < -0.39 is 4.92 Å². The summed E-state index contributed by atoms with van der Waals surface area (Å²) in [5, 5.41) is 15.6. The van der Waals surface area contributed by atoms with Crippen molar-refractivity contribution in [3.8, 4) is 11.3 Å². The lowest BCUT2D eigenvalue weighted by atomic mass is 10.2. The summed E-state index contributed by atoms with van der Waals surface area (Å²) in [6.45, 7) is 0. The van der Waals surface area contributed by atoms with Crippen molar-refractivity contribution in [1.29, 1.82) is 0 Å². The second kappa shape index (κ2) is 8.31. The fraction of sp³-hybridized carbons (Fsp3) is 0.0588. The summed E-state index contributed by atoms with van der Waals surface area (Å²) in [4.78, 5) is 26.9. The van der Waals surface area contributed by atoms with Gasteiger partial charge in [-0.25, -0.2) is 4.98 Å². The molecule has 0 saturated carbocycles. The van der Waals surface area contributed by atoms with Gasteiger partial charge in [-0.3, -0.25) is 14.9 Å². The van der Waals surface area contributed by atoms with Gasteiger partial charge in [0, 0.05) is 23.1 Å². The highest BCUT2D eigenvalue weighted by Gasteiger charge is 2.13. The van der Waals surface area contributed by atoms with E-state index in [4.69, 9.17) is 11.6 Å². The number of rotatable bonds is 6. The minimum atomic E-state index is -0.540. The lowest BCUT2D eigenvalue weighted by Crippen LogP contribution is -2.14. The number of thioether (sulfide) groups is 1. The number of nitrogens with one attached hydrogen (secondary N) is 1. The van der Waals surface area contributed by atoms with E-state index in [-0.39, 0.29) is 28.1 Å². The molecule has 2 aromatic carbocycles. The van der Waals surface area contributed by atoms with Crippen molar-refractivity contribution in [3.63, 3.8) is 0 Å². The predicted molar refractivity (Wildman–Crippen MR) is 105 cm³/mol. The number of benzene rings is 2. The first-order valence-corrected chi connectivity index (χ1v) is 9.65. The average molecular weight is 406 g/mol. The van der Waals surface area contributed by atoms with Gasteiger partial charge in [0.05, 0.1) is 27.1 Å². The van der Waals surface area contributed by atoms with E-state index in [9.17, 15) is 14.9 Å². The first kappa shape index (κ1) is 18.4. The van der Waals surface area contributed by atoms with Gasteiger partial charge < -0.3 is 5.32 Å². The van der Waals surface area contributed by atoms with Crippen molar-refractivity contribution in [2.24, 2.45) is 0 Å². The number of amides is 1. The highest BCUT2D eigenvalue weighted by atomic mass is 35.5. The van der Waals surface area contributed by atoms with E-state index in [0.717, 1.165) is 15.6 Å². The number of anilines is 1. The number of carbonyl (C=O) groups excluding carboxylic acids is 1. The first-order valence-electron chi connectivity index (χ1n) is 7.40. The van der Waals surface area contributed by atoms with Crippen LogP contribution in [0.3, 0.4) is 0 Å². The fourth-order valence-electron chi connectivity index (χ4n) is 2.10. The highest BCUT2D eigenvalue weighted by molar-refractivity contribution is 8.01. The van der Waals surface area contributed by atoms with E-state index in [1.807, 2.05) is 35.7 Å². The molecule has 1 amide bonds. The number of nitro groups is 1. The largest absolute Gasteiger partial charge is 0.324 e. The molecule has 0 aliphatic carbocycles. The van der Waals surface area contributed by atoms with Crippen LogP contribution < -0.4 is 5.32 Å². The number of thiazole rings is 1. The molecule has 0 saturated heterocycles. The Morgan fingerprint density at radius 1 is 1.27 bits per heavy atom. The van der Waals surface area contributed by atoms with E-state index in [2.05, 4.69) is 10.3 Å². The van der Waals surface area contributed by atoms with Crippen molar-refractivity contribution >= 4 is 52.0 Å². The first-order chi connectivity index (χ1) is 12.5. The molecule has 6 nitrogen and oxygen atoms in total. The molecule has 26 heavy (non-hydrogen) atoms. The molecule has 1 aromatic heterocycles. The third-order valence-corrected chi connectivity index (χ3v) is 5.66. The Kier molecular flexibility index (Phi) is 5.87. The third kappa shape index (κ3) is 4.60. The number of nitro benzene ring substituents is 1. The predicted octanol–water partition coefficient (Wildman–Crippen LogP) is 5.10. The molecule has 1 N–H and O–H groups in total. The molecule has 3 rings (SSSR count). The van der Waals surface area contributed by atoms with E-state index in [1.165, 1.54) is 41.3 Å². The summed E-state index contributed by atoms with van der Waals surface area (Å²) in [5.74, 6) is -0.185. The summed E-state index contributed by atoms with van der Waals surface area (Å²) in [6.07, 6.45) is 0. The molecule has 0 unspecified atom stereocenters. The number of carbonyl (C=O) groups is 1. The maximum absolute atomic E-state index is 12.1. The third-order valence-electron chi connectivity index (χ3n) is 3.31. The van der Waals surface area contributed by atoms with Crippen LogP contribution in [0.25, 0.3) is 11.3 Å². The second-order valence-corrected chi connectivity index (χ2v) is 7.61. The molecule has 132 valence electrons. The van der Waals surface area contributed by atoms with Crippen LogP contribution in [0, 0.1) is 10.1 Å². The van der Waals surface area contributed by atoms with Gasteiger partial charge in [-0.05, 0) is 6.07 Å². The van der Waals surface area contributed by atoms with E-state index in [0.29, 0.717) is 0 Å². The van der Waals surface area contributed by atoms with Crippen LogP contribution in [0.2, 0.25) is 5.02 Å². The molecular formula is C17H12ClN3O3S2. The zero-order valence-electron chi connectivity index (χ0n) is 13.2. The number of non-ortho nitro benzene ring substituents is 1. The van der Waals surface area contributed by atoms with E-state index in [1.54, 1.807) is 0 Å². The summed E-state index contributed by atoms with van der Waals surface area (Å²) in [7, 11) is 0. The normalized spacial score (nSPS) is 10.5. The van der Waals surface area contributed by atoms with Crippen LogP contribution in [-0.4, -0.2) is 21.6 Å². The maximum Gasteiger partial charge on any atom is 0.271 e. The quantitative estimate of drug-likeness (QED) is 0.350. The van der Waals surface area contributed by atoms with Crippen molar-refractivity contribution < 1.29 is 9.72 Å². The molecule has 1 heterocycles. The minimum absolute atomic E-state index is 0.126.